The van der Waals surface area contributed by atoms with Crippen LogP contribution >= 0.6 is 0 Å². The number of benzene rings is 1. The summed E-state index contributed by atoms with van der Waals surface area (Å²) in [5.41, 5.74) is 0.764. The molecule has 2 saturated heterocycles. The van der Waals surface area contributed by atoms with E-state index in [1.165, 1.54) is 0 Å². The lowest BCUT2D eigenvalue weighted by molar-refractivity contribution is -0.158. The van der Waals surface area contributed by atoms with E-state index in [4.69, 9.17) is 4.74 Å². The van der Waals surface area contributed by atoms with Gasteiger partial charge in [0.15, 0.2) is 6.61 Å². The lowest BCUT2D eigenvalue weighted by Gasteiger charge is -2.32. The quantitative estimate of drug-likeness (QED) is 0.699. The summed E-state index contributed by atoms with van der Waals surface area (Å²) in [6.07, 6.45) is 3.00. The number of rotatable bonds is 6. The number of carbonyl (C=O) groups excluding carboxylic acids is 4. The molecule has 2 heterocycles. The van der Waals surface area contributed by atoms with Gasteiger partial charge in [0.1, 0.15) is 0 Å². The number of ether oxygens (including phenoxy) is 1. The van der Waals surface area contributed by atoms with Gasteiger partial charge in [0, 0.05) is 44.2 Å². The normalized spacial score (nSPS) is 19.6. The molecule has 8 heteroatoms. The van der Waals surface area contributed by atoms with E-state index in [1.807, 2.05) is 30.3 Å². The minimum Gasteiger partial charge on any atom is -0.455 e. The monoisotopic (exact) mass is 429 g/mol. The Bertz CT molecular complexity index is 790. The van der Waals surface area contributed by atoms with Gasteiger partial charge in [-0.05, 0) is 37.8 Å². The second-order valence-electron chi connectivity index (χ2n) is 8.15. The van der Waals surface area contributed by atoms with Gasteiger partial charge in [-0.2, -0.15) is 0 Å². The van der Waals surface area contributed by atoms with Crippen LogP contribution in [0.4, 0.5) is 5.69 Å². The van der Waals surface area contributed by atoms with E-state index < -0.39 is 5.97 Å². The number of amides is 3. The van der Waals surface area contributed by atoms with Crippen molar-refractivity contribution in [3.8, 4) is 0 Å². The van der Waals surface area contributed by atoms with Crippen molar-refractivity contribution in [2.45, 2.75) is 39.0 Å². The molecule has 1 N–H and O–H groups in total. The third kappa shape index (κ3) is 6.29. The molecule has 0 saturated carbocycles. The van der Waals surface area contributed by atoms with Crippen LogP contribution in [0.3, 0.4) is 0 Å². The molecule has 3 amide bonds. The van der Waals surface area contributed by atoms with Crippen LogP contribution in [-0.2, 0) is 23.9 Å². The van der Waals surface area contributed by atoms with Crippen molar-refractivity contribution < 1.29 is 23.9 Å². The fourth-order valence-electron chi connectivity index (χ4n) is 4.12. The van der Waals surface area contributed by atoms with Gasteiger partial charge in [0.2, 0.25) is 11.8 Å². The third-order valence-electron chi connectivity index (χ3n) is 6.01. The predicted molar refractivity (Wildman–Crippen MR) is 115 cm³/mol. The van der Waals surface area contributed by atoms with E-state index in [2.05, 4.69) is 5.32 Å². The Kier molecular flexibility index (Phi) is 8.03. The summed E-state index contributed by atoms with van der Waals surface area (Å²) in [5, 5.41) is 2.91. The van der Waals surface area contributed by atoms with E-state index in [9.17, 15) is 19.2 Å². The Morgan fingerprint density at radius 2 is 1.65 bits per heavy atom. The molecule has 0 spiro atoms. The first-order chi connectivity index (χ1) is 15.0. The molecule has 168 valence electrons. The molecule has 1 atom stereocenters. The lowest BCUT2D eigenvalue weighted by Crippen LogP contribution is -2.45. The standard InChI is InChI=1S/C23H31N3O5/c1-2-20(27)26-12-6-7-18(15-26)23(30)31-16-21(28)25-13-10-17(11-14-25)22(29)24-19-8-4-3-5-9-19/h3-5,8-9,17-18H,2,6-7,10-16H2,1H3,(H,24,29). The largest absolute Gasteiger partial charge is 0.455 e. The van der Waals surface area contributed by atoms with Crippen molar-refractivity contribution >= 4 is 29.4 Å². The van der Waals surface area contributed by atoms with E-state index in [0.29, 0.717) is 51.9 Å². The Labute approximate surface area is 182 Å². The van der Waals surface area contributed by atoms with Gasteiger partial charge in [0.05, 0.1) is 5.92 Å². The topological polar surface area (TPSA) is 96.0 Å². The number of esters is 1. The number of para-hydroxylation sites is 1. The molecular formula is C23H31N3O5. The van der Waals surface area contributed by atoms with E-state index >= 15 is 0 Å². The fraction of sp³-hybridized carbons (Fsp3) is 0.565. The molecule has 2 aliphatic heterocycles. The van der Waals surface area contributed by atoms with Crippen LogP contribution in [-0.4, -0.2) is 66.3 Å². The van der Waals surface area contributed by atoms with Gasteiger partial charge in [0.25, 0.3) is 5.91 Å². The SMILES string of the molecule is CCC(=O)N1CCCC(C(=O)OCC(=O)N2CCC(C(=O)Nc3ccccc3)CC2)C1. The van der Waals surface area contributed by atoms with Crippen LogP contribution in [0.2, 0.25) is 0 Å². The highest BCUT2D eigenvalue weighted by Gasteiger charge is 2.31. The average molecular weight is 430 g/mol. The molecule has 31 heavy (non-hydrogen) atoms. The van der Waals surface area contributed by atoms with Gasteiger partial charge < -0.3 is 19.9 Å². The van der Waals surface area contributed by atoms with Crippen LogP contribution in [0, 0.1) is 11.8 Å². The van der Waals surface area contributed by atoms with Crippen LogP contribution < -0.4 is 5.32 Å². The molecule has 8 nitrogen and oxygen atoms in total. The molecule has 1 aromatic carbocycles. The Balaban J connectivity index is 1.39. The molecule has 2 fully saturated rings. The van der Waals surface area contributed by atoms with Crippen LogP contribution in [0.15, 0.2) is 30.3 Å². The number of nitrogens with zero attached hydrogens (tertiary/aromatic N) is 2. The molecule has 3 rings (SSSR count). The maximum Gasteiger partial charge on any atom is 0.311 e. The summed E-state index contributed by atoms with van der Waals surface area (Å²) in [5.74, 6) is -1.17. The second kappa shape index (κ2) is 10.9. The Morgan fingerprint density at radius 3 is 2.32 bits per heavy atom. The molecular weight excluding hydrogens is 398 g/mol. The summed E-state index contributed by atoms with van der Waals surface area (Å²) in [6.45, 7) is 3.47. The zero-order chi connectivity index (χ0) is 22.2. The summed E-state index contributed by atoms with van der Waals surface area (Å²) in [4.78, 5) is 52.5. The van der Waals surface area contributed by atoms with E-state index in [-0.39, 0.29) is 36.2 Å². The summed E-state index contributed by atoms with van der Waals surface area (Å²) in [6, 6.07) is 9.31. The number of hydrogen-bond donors (Lipinski definition) is 1. The van der Waals surface area contributed by atoms with Gasteiger partial charge in [-0.1, -0.05) is 25.1 Å². The van der Waals surface area contributed by atoms with Crippen molar-refractivity contribution in [1.29, 1.82) is 0 Å². The minimum atomic E-state index is -0.418. The lowest BCUT2D eigenvalue weighted by atomic mass is 9.95. The van der Waals surface area contributed by atoms with Crippen molar-refractivity contribution in [2.75, 3.05) is 38.1 Å². The van der Waals surface area contributed by atoms with E-state index in [0.717, 1.165) is 12.1 Å². The number of carbonyl (C=O) groups is 4. The highest BCUT2D eigenvalue weighted by Crippen LogP contribution is 2.21. The summed E-state index contributed by atoms with van der Waals surface area (Å²) in [7, 11) is 0. The maximum absolute atomic E-state index is 12.5. The zero-order valence-electron chi connectivity index (χ0n) is 18.0. The molecule has 1 aromatic rings. The first-order valence-corrected chi connectivity index (χ1v) is 11.1. The van der Waals surface area contributed by atoms with Crippen LogP contribution in [0.25, 0.3) is 0 Å². The highest BCUT2D eigenvalue weighted by molar-refractivity contribution is 5.92. The number of nitrogens with one attached hydrogen (secondary N) is 1. The highest BCUT2D eigenvalue weighted by atomic mass is 16.5. The van der Waals surface area contributed by atoms with E-state index in [1.54, 1.807) is 16.7 Å². The number of likely N-dealkylation sites (tertiary alicyclic amines) is 2. The molecule has 0 aliphatic carbocycles. The van der Waals surface area contributed by atoms with Gasteiger partial charge in [-0.15, -0.1) is 0 Å². The van der Waals surface area contributed by atoms with Crippen molar-refractivity contribution in [2.24, 2.45) is 11.8 Å². The zero-order valence-corrected chi connectivity index (χ0v) is 18.0. The number of piperidine rings is 2. The summed E-state index contributed by atoms with van der Waals surface area (Å²) < 4.78 is 5.26. The minimum absolute atomic E-state index is 0.0341. The molecule has 2 aliphatic rings. The van der Waals surface area contributed by atoms with Crippen molar-refractivity contribution in [3.63, 3.8) is 0 Å². The van der Waals surface area contributed by atoms with Gasteiger partial charge in [-0.3, -0.25) is 19.2 Å². The van der Waals surface area contributed by atoms with Crippen molar-refractivity contribution in [3.05, 3.63) is 30.3 Å². The van der Waals surface area contributed by atoms with Crippen LogP contribution in [0.5, 0.6) is 0 Å². The smallest absolute Gasteiger partial charge is 0.311 e. The molecule has 1 unspecified atom stereocenters. The maximum atomic E-state index is 12.5. The summed E-state index contributed by atoms with van der Waals surface area (Å²) >= 11 is 0. The van der Waals surface area contributed by atoms with Crippen LogP contribution in [0.1, 0.15) is 39.0 Å². The number of anilines is 1. The molecule has 0 bridgehead atoms. The van der Waals surface area contributed by atoms with Crippen molar-refractivity contribution in [1.82, 2.24) is 9.80 Å². The number of hydrogen-bond acceptors (Lipinski definition) is 5. The average Bonchev–Trinajstić information content (AvgIpc) is 2.82. The Morgan fingerprint density at radius 1 is 0.935 bits per heavy atom. The Hall–Kier alpha value is -2.90. The first kappa shape index (κ1) is 22.8. The first-order valence-electron chi connectivity index (χ1n) is 11.1. The fourth-order valence-corrected chi connectivity index (χ4v) is 4.12. The predicted octanol–water partition coefficient (Wildman–Crippen LogP) is 2.06. The molecule has 0 radical (unpaired) electrons. The van der Waals surface area contributed by atoms with Gasteiger partial charge in [-0.25, -0.2) is 0 Å². The third-order valence-corrected chi connectivity index (χ3v) is 6.01. The molecule has 0 aromatic heterocycles. The van der Waals surface area contributed by atoms with Gasteiger partial charge >= 0.3 is 5.97 Å². The second-order valence-corrected chi connectivity index (χ2v) is 8.15.